The number of halogens is 1. The Hall–Kier alpha value is -3.28. The van der Waals surface area contributed by atoms with Crippen molar-refractivity contribution in [2.24, 2.45) is 5.73 Å². The Morgan fingerprint density at radius 1 is 1.11 bits per heavy atom. The number of hydrogen-bond acceptors (Lipinski definition) is 3. The molecule has 0 aliphatic heterocycles. The maximum atomic E-state index is 13.3. The number of hydrogen-bond donors (Lipinski definition) is 1. The average Bonchev–Trinajstić information content (AvgIpc) is 2.99. The molecule has 0 spiro atoms. The van der Waals surface area contributed by atoms with Crippen LogP contribution in [-0.2, 0) is 6.54 Å². The summed E-state index contributed by atoms with van der Waals surface area (Å²) in [6.07, 6.45) is 0. The highest BCUT2D eigenvalue weighted by Gasteiger charge is 2.19. The van der Waals surface area contributed by atoms with E-state index in [0.717, 1.165) is 22.5 Å². The number of aromatic nitrogens is 1. The molecule has 6 heteroatoms. The summed E-state index contributed by atoms with van der Waals surface area (Å²) in [6, 6.07) is 13.5. The number of carbonyl (C=O) groups is 1. The normalized spacial score (nSPS) is 10.7. The second-order valence-corrected chi connectivity index (χ2v) is 6.14. The summed E-state index contributed by atoms with van der Waals surface area (Å²) in [5, 5.41) is 0. The Morgan fingerprint density at radius 2 is 1.81 bits per heavy atom. The van der Waals surface area contributed by atoms with E-state index in [2.05, 4.69) is 0 Å². The Kier molecular flexibility index (Phi) is 5.16. The van der Waals surface area contributed by atoms with Gasteiger partial charge in [0.25, 0.3) is 5.91 Å². The van der Waals surface area contributed by atoms with Crippen molar-refractivity contribution >= 4 is 5.91 Å². The Labute approximate surface area is 157 Å². The summed E-state index contributed by atoms with van der Waals surface area (Å²) < 4.78 is 26.2. The number of methoxy groups -OCH3 is 2. The minimum Gasteiger partial charge on any atom is -0.493 e. The van der Waals surface area contributed by atoms with Crippen LogP contribution in [0.4, 0.5) is 4.39 Å². The zero-order chi connectivity index (χ0) is 19.6. The van der Waals surface area contributed by atoms with E-state index in [9.17, 15) is 9.18 Å². The number of ether oxygens (including phenoxy) is 2. The number of benzene rings is 2. The van der Waals surface area contributed by atoms with Crippen molar-refractivity contribution in [1.29, 1.82) is 0 Å². The third-order valence-electron chi connectivity index (χ3n) is 4.58. The van der Waals surface area contributed by atoms with E-state index in [-0.39, 0.29) is 5.82 Å². The number of rotatable bonds is 6. The second-order valence-electron chi connectivity index (χ2n) is 6.14. The smallest absolute Gasteiger partial charge is 0.250 e. The van der Waals surface area contributed by atoms with E-state index >= 15 is 0 Å². The highest BCUT2D eigenvalue weighted by Crippen LogP contribution is 2.34. The lowest BCUT2D eigenvalue weighted by Gasteiger charge is -2.16. The van der Waals surface area contributed by atoms with Crippen molar-refractivity contribution in [2.45, 2.75) is 13.5 Å². The molecule has 0 bridgehead atoms. The first-order valence-corrected chi connectivity index (χ1v) is 8.42. The van der Waals surface area contributed by atoms with Crippen molar-refractivity contribution in [3.05, 3.63) is 71.2 Å². The third kappa shape index (κ3) is 3.51. The molecule has 0 aliphatic carbocycles. The molecular weight excluding hydrogens is 347 g/mol. The van der Waals surface area contributed by atoms with Crippen LogP contribution >= 0.6 is 0 Å². The number of nitrogens with two attached hydrogens (primary N) is 1. The SMILES string of the molecule is COc1cccc(Cn2c(-c3ccc(F)cc3)cc(C(N)=O)c2C)c1OC. The van der Waals surface area contributed by atoms with E-state index in [1.165, 1.54) is 12.1 Å². The van der Waals surface area contributed by atoms with Crippen molar-refractivity contribution < 1.29 is 18.7 Å². The van der Waals surface area contributed by atoms with E-state index in [1.807, 2.05) is 29.7 Å². The topological polar surface area (TPSA) is 66.5 Å². The molecule has 5 nitrogen and oxygen atoms in total. The Bertz CT molecular complexity index is 978. The van der Waals surface area contributed by atoms with Gasteiger partial charge in [0.2, 0.25) is 0 Å². The standard InChI is InChI=1S/C21H21FN2O3/c1-13-17(21(23)25)11-18(14-7-9-16(22)10-8-14)24(13)12-15-5-4-6-19(26-2)20(15)27-3/h4-11H,12H2,1-3H3,(H2,23,25). The molecule has 0 saturated carbocycles. The number of amides is 1. The lowest BCUT2D eigenvalue weighted by atomic mass is 10.1. The van der Waals surface area contributed by atoms with Crippen molar-refractivity contribution in [2.75, 3.05) is 14.2 Å². The fourth-order valence-corrected chi connectivity index (χ4v) is 3.21. The zero-order valence-electron chi connectivity index (χ0n) is 15.5. The van der Waals surface area contributed by atoms with Crippen LogP contribution in [0, 0.1) is 12.7 Å². The van der Waals surface area contributed by atoms with Gasteiger partial charge in [-0.25, -0.2) is 4.39 Å². The summed E-state index contributed by atoms with van der Waals surface area (Å²) in [7, 11) is 3.16. The van der Waals surface area contributed by atoms with Crippen LogP contribution in [0.1, 0.15) is 21.6 Å². The lowest BCUT2D eigenvalue weighted by Crippen LogP contribution is -2.13. The highest BCUT2D eigenvalue weighted by atomic mass is 19.1. The van der Waals surface area contributed by atoms with Gasteiger partial charge < -0.3 is 19.8 Å². The number of nitrogens with zero attached hydrogens (tertiary/aromatic N) is 1. The van der Waals surface area contributed by atoms with Crippen LogP contribution in [0.5, 0.6) is 11.5 Å². The van der Waals surface area contributed by atoms with Crippen molar-refractivity contribution in [1.82, 2.24) is 4.57 Å². The summed E-state index contributed by atoms with van der Waals surface area (Å²) in [6.45, 7) is 2.27. The van der Waals surface area contributed by atoms with E-state index in [0.29, 0.717) is 23.6 Å². The number of para-hydroxylation sites is 1. The maximum absolute atomic E-state index is 13.3. The van der Waals surface area contributed by atoms with E-state index in [1.54, 1.807) is 32.4 Å². The van der Waals surface area contributed by atoms with Crippen LogP contribution in [0.25, 0.3) is 11.3 Å². The summed E-state index contributed by atoms with van der Waals surface area (Å²) in [5.74, 6) is 0.419. The molecule has 2 aromatic carbocycles. The summed E-state index contributed by atoms with van der Waals surface area (Å²) in [4.78, 5) is 11.9. The maximum Gasteiger partial charge on any atom is 0.250 e. The molecule has 3 rings (SSSR count). The van der Waals surface area contributed by atoms with E-state index in [4.69, 9.17) is 15.2 Å². The highest BCUT2D eigenvalue weighted by molar-refractivity contribution is 5.95. The molecular formula is C21H21FN2O3. The molecule has 27 heavy (non-hydrogen) atoms. The first-order valence-electron chi connectivity index (χ1n) is 8.42. The zero-order valence-corrected chi connectivity index (χ0v) is 15.5. The molecule has 2 N–H and O–H groups in total. The molecule has 3 aromatic rings. The van der Waals surface area contributed by atoms with Crippen LogP contribution in [-0.4, -0.2) is 24.7 Å². The van der Waals surface area contributed by atoms with Gasteiger partial charge in [-0.3, -0.25) is 4.79 Å². The first-order chi connectivity index (χ1) is 13.0. The van der Waals surface area contributed by atoms with Crippen LogP contribution < -0.4 is 15.2 Å². The molecule has 0 saturated heterocycles. The van der Waals surface area contributed by atoms with Gasteiger partial charge in [-0.15, -0.1) is 0 Å². The fraction of sp³-hybridized carbons (Fsp3) is 0.190. The van der Waals surface area contributed by atoms with Gasteiger partial charge in [-0.2, -0.15) is 0 Å². The molecule has 0 atom stereocenters. The molecule has 0 fully saturated rings. The molecule has 1 amide bonds. The van der Waals surface area contributed by atoms with Gasteiger partial charge in [-0.1, -0.05) is 12.1 Å². The van der Waals surface area contributed by atoms with Gasteiger partial charge >= 0.3 is 0 Å². The molecule has 0 aliphatic rings. The monoisotopic (exact) mass is 368 g/mol. The van der Waals surface area contributed by atoms with Gasteiger partial charge in [-0.05, 0) is 48.9 Å². The minimum absolute atomic E-state index is 0.321. The molecule has 0 radical (unpaired) electrons. The first kappa shape index (κ1) is 18.5. The lowest BCUT2D eigenvalue weighted by molar-refractivity contribution is 0.0999. The van der Waals surface area contributed by atoms with Gasteiger partial charge in [0.05, 0.1) is 26.3 Å². The van der Waals surface area contributed by atoms with Crippen molar-refractivity contribution in [3.8, 4) is 22.8 Å². The van der Waals surface area contributed by atoms with Gasteiger partial charge in [0.1, 0.15) is 5.82 Å². The predicted octanol–water partition coefficient (Wildman–Crippen LogP) is 3.77. The summed E-state index contributed by atoms with van der Waals surface area (Å²) >= 11 is 0. The largest absolute Gasteiger partial charge is 0.493 e. The predicted molar refractivity (Wildman–Crippen MR) is 102 cm³/mol. The molecule has 1 aromatic heterocycles. The number of carbonyl (C=O) groups excluding carboxylic acids is 1. The summed E-state index contributed by atoms with van der Waals surface area (Å²) in [5.41, 5.74) is 9.13. The second kappa shape index (κ2) is 7.53. The van der Waals surface area contributed by atoms with Crippen LogP contribution in [0.2, 0.25) is 0 Å². The van der Waals surface area contributed by atoms with E-state index < -0.39 is 5.91 Å². The average molecular weight is 368 g/mol. The van der Waals surface area contributed by atoms with Gasteiger partial charge in [0, 0.05) is 17.0 Å². The Morgan fingerprint density at radius 3 is 2.41 bits per heavy atom. The molecule has 0 unspecified atom stereocenters. The minimum atomic E-state index is -0.507. The third-order valence-corrected chi connectivity index (χ3v) is 4.58. The molecule has 140 valence electrons. The van der Waals surface area contributed by atoms with Crippen molar-refractivity contribution in [3.63, 3.8) is 0 Å². The van der Waals surface area contributed by atoms with Crippen LogP contribution in [0.3, 0.4) is 0 Å². The van der Waals surface area contributed by atoms with Gasteiger partial charge in [0.15, 0.2) is 11.5 Å². The van der Waals surface area contributed by atoms with Crippen LogP contribution in [0.15, 0.2) is 48.5 Å². The Balaban J connectivity index is 2.15. The fourth-order valence-electron chi connectivity index (χ4n) is 3.21. The number of primary amides is 1. The quantitative estimate of drug-likeness (QED) is 0.720. The molecule has 1 heterocycles.